The van der Waals surface area contributed by atoms with Crippen molar-refractivity contribution >= 4 is 32.6 Å². The molecule has 0 spiro atoms. The zero-order chi connectivity index (χ0) is 17.6. The molecule has 1 aromatic carbocycles. The molecule has 0 radical (unpaired) electrons. The minimum Gasteiger partial charge on any atom is -0.345 e. The minimum atomic E-state index is 0.0667. The summed E-state index contributed by atoms with van der Waals surface area (Å²) < 4.78 is 2.89. The first-order chi connectivity index (χ1) is 12.0. The second-order valence-corrected chi connectivity index (χ2v) is 7.56. The van der Waals surface area contributed by atoms with E-state index < -0.39 is 0 Å². The number of thiazole rings is 1. The molecule has 4 rings (SSSR count). The van der Waals surface area contributed by atoms with E-state index in [4.69, 9.17) is 4.98 Å². The standard InChI is InChI=1S/C18H21N5OS/c1-12-4-5-14-15(10-12)25-18(20-14)23-8-6-22(7-9-23)17(24)16-13(2)11-19-21(16)3/h4-5,10-11H,6-9H2,1-3H3. The van der Waals surface area contributed by atoms with E-state index in [2.05, 4.69) is 35.1 Å². The maximum atomic E-state index is 12.8. The molecular formula is C18H21N5OS. The molecule has 0 N–H and O–H groups in total. The summed E-state index contributed by atoms with van der Waals surface area (Å²) in [6.07, 6.45) is 1.74. The lowest BCUT2D eigenvalue weighted by Gasteiger charge is -2.34. The molecule has 25 heavy (non-hydrogen) atoms. The van der Waals surface area contributed by atoms with Crippen LogP contribution in [0.4, 0.5) is 5.13 Å². The predicted octanol–water partition coefficient (Wildman–Crippen LogP) is 2.61. The smallest absolute Gasteiger partial charge is 0.272 e. The molecule has 0 unspecified atom stereocenters. The average molecular weight is 355 g/mol. The number of amides is 1. The fourth-order valence-electron chi connectivity index (χ4n) is 3.26. The molecule has 1 aliphatic heterocycles. The van der Waals surface area contributed by atoms with Crippen LogP contribution in [-0.2, 0) is 7.05 Å². The van der Waals surface area contributed by atoms with Crippen LogP contribution < -0.4 is 4.90 Å². The number of rotatable bonds is 2. The molecule has 2 aromatic heterocycles. The lowest BCUT2D eigenvalue weighted by atomic mass is 10.2. The molecular weight excluding hydrogens is 334 g/mol. The molecule has 1 amide bonds. The number of hydrogen-bond acceptors (Lipinski definition) is 5. The maximum Gasteiger partial charge on any atom is 0.272 e. The van der Waals surface area contributed by atoms with Crippen LogP contribution in [0, 0.1) is 13.8 Å². The van der Waals surface area contributed by atoms with Crippen LogP contribution in [0.5, 0.6) is 0 Å². The number of aromatic nitrogens is 3. The summed E-state index contributed by atoms with van der Waals surface area (Å²) in [6, 6.07) is 6.36. The quantitative estimate of drug-likeness (QED) is 0.709. The highest BCUT2D eigenvalue weighted by Crippen LogP contribution is 2.30. The summed E-state index contributed by atoms with van der Waals surface area (Å²) in [5, 5.41) is 5.22. The Balaban J connectivity index is 1.48. The van der Waals surface area contributed by atoms with Crippen molar-refractivity contribution in [3.63, 3.8) is 0 Å². The van der Waals surface area contributed by atoms with Crippen molar-refractivity contribution in [2.75, 3.05) is 31.1 Å². The van der Waals surface area contributed by atoms with Gasteiger partial charge in [-0.05, 0) is 37.1 Å². The normalized spacial score (nSPS) is 15.2. The lowest BCUT2D eigenvalue weighted by Crippen LogP contribution is -2.49. The molecule has 0 atom stereocenters. The maximum absolute atomic E-state index is 12.8. The Morgan fingerprint density at radius 3 is 2.60 bits per heavy atom. The fraction of sp³-hybridized carbons (Fsp3) is 0.389. The predicted molar refractivity (Wildman–Crippen MR) is 100 cm³/mol. The number of hydrogen-bond donors (Lipinski definition) is 0. The molecule has 130 valence electrons. The number of aryl methyl sites for hydroxylation is 3. The molecule has 7 heteroatoms. The first kappa shape index (κ1) is 16.1. The summed E-state index contributed by atoms with van der Waals surface area (Å²) in [4.78, 5) is 21.7. The number of benzene rings is 1. The van der Waals surface area contributed by atoms with Crippen molar-refractivity contribution in [3.05, 3.63) is 41.2 Å². The topological polar surface area (TPSA) is 54.3 Å². The number of carbonyl (C=O) groups excluding carboxylic acids is 1. The Morgan fingerprint density at radius 2 is 1.92 bits per heavy atom. The SMILES string of the molecule is Cc1ccc2nc(N3CCN(C(=O)c4c(C)cnn4C)CC3)sc2c1. The first-order valence-electron chi connectivity index (χ1n) is 8.43. The monoisotopic (exact) mass is 355 g/mol. The van der Waals surface area contributed by atoms with E-state index in [0.29, 0.717) is 18.8 Å². The van der Waals surface area contributed by atoms with Crippen LogP contribution in [0.2, 0.25) is 0 Å². The third kappa shape index (κ3) is 2.89. The summed E-state index contributed by atoms with van der Waals surface area (Å²) >= 11 is 1.73. The van der Waals surface area contributed by atoms with Gasteiger partial charge in [-0.15, -0.1) is 0 Å². The summed E-state index contributed by atoms with van der Waals surface area (Å²) in [5.74, 6) is 0.0667. The lowest BCUT2D eigenvalue weighted by molar-refractivity contribution is 0.0735. The second-order valence-electron chi connectivity index (χ2n) is 6.55. The highest BCUT2D eigenvalue weighted by atomic mass is 32.1. The van der Waals surface area contributed by atoms with Crippen LogP contribution >= 0.6 is 11.3 Å². The van der Waals surface area contributed by atoms with Crippen LogP contribution in [0.25, 0.3) is 10.2 Å². The summed E-state index contributed by atoms with van der Waals surface area (Å²) in [5.41, 5.74) is 3.92. The van der Waals surface area contributed by atoms with Crippen molar-refractivity contribution in [2.45, 2.75) is 13.8 Å². The van der Waals surface area contributed by atoms with Crippen molar-refractivity contribution in [3.8, 4) is 0 Å². The zero-order valence-electron chi connectivity index (χ0n) is 14.7. The van der Waals surface area contributed by atoms with E-state index in [1.165, 1.54) is 10.3 Å². The van der Waals surface area contributed by atoms with E-state index in [0.717, 1.165) is 29.3 Å². The van der Waals surface area contributed by atoms with Gasteiger partial charge in [0, 0.05) is 33.2 Å². The van der Waals surface area contributed by atoms with Crippen LogP contribution in [0.15, 0.2) is 24.4 Å². The van der Waals surface area contributed by atoms with Crippen LogP contribution in [-0.4, -0.2) is 51.8 Å². The molecule has 1 aliphatic rings. The molecule has 1 saturated heterocycles. The Bertz CT molecular complexity index is 917. The third-order valence-electron chi connectivity index (χ3n) is 4.69. The Hall–Kier alpha value is -2.41. The van der Waals surface area contributed by atoms with Gasteiger partial charge in [0.25, 0.3) is 5.91 Å². The van der Waals surface area contributed by atoms with Gasteiger partial charge in [-0.2, -0.15) is 5.10 Å². The molecule has 6 nitrogen and oxygen atoms in total. The Labute approximate surface area is 150 Å². The molecule has 3 aromatic rings. The van der Waals surface area contributed by atoms with E-state index >= 15 is 0 Å². The van der Waals surface area contributed by atoms with Gasteiger partial charge >= 0.3 is 0 Å². The first-order valence-corrected chi connectivity index (χ1v) is 9.24. The molecule has 3 heterocycles. The molecule has 0 saturated carbocycles. The average Bonchev–Trinajstić information content (AvgIpc) is 3.17. The van der Waals surface area contributed by atoms with Crippen molar-refractivity contribution in [1.29, 1.82) is 0 Å². The van der Waals surface area contributed by atoms with Gasteiger partial charge < -0.3 is 9.80 Å². The number of nitrogens with zero attached hydrogens (tertiary/aromatic N) is 5. The Morgan fingerprint density at radius 1 is 1.16 bits per heavy atom. The largest absolute Gasteiger partial charge is 0.345 e. The van der Waals surface area contributed by atoms with Gasteiger partial charge in [0.05, 0.1) is 16.4 Å². The van der Waals surface area contributed by atoms with Gasteiger partial charge in [-0.1, -0.05) is 17.4 Å². The van der Waals surface area contributed by atoms with Gasteiger partial charge in [-0.25, -0.2) is 4.98 Å². The number of carbonyl (C=O) groups is 1. The summed E-state index contributed by atoms with van der Waals surface area (Å²) in [6.45, 7) is 7.06. The molecule has 0 bridgehead atoms. The second kappa shape index (κ2) is 6.15. The molecule has 1 fully saturated rings. The fourth-order valence-corrected chi connectivity index (χ4v) is 4.38. The van der Waals surface area contributed by atoms with Gasteiger partial charge in [-0.3, -0.25) is 9.48 Å². The van der Waals surface area contributed by atoms with Crippen molar-refractivity contribution in [2.24, 2.45) is 7.05 Å². The van der Waals surface area contributed by atoms with Crippen LogP contribution in [0.3, 0.4) is 0 Å². The third-order valence-corrected chi connectivity index (χ3v) is 5.77. The van der Waals surface area contributed by atoms with Gasteiger partial charge in [0.1, 0.15) is 5.69 Å². The Kier molecular flexibility index (Phi) is 3.95. The van der Waals surface area contributed by atoms with Crippen LogP contribution in [0.1, 0.15) is 21.6 Å². The highest BCUT2D eigenvalue weighted by Gasteiger charge is 2.26. The van der Waals surface area contributed by atoms with Crippen molar-refractivity contribution in [1.82, 2.24) is 19.7 Å². The van der Waals surface area contributed by atoms with E-state index in [9.17, 15) is 4.79 Å². The number of anilines is 1. The van der Waals surface area contributed by atoms with Gasteiger partial charge in [0.2, 0.25) is 0 Å². The van der Waals surface area contributed by atoms with E-state index in [-0.39, 0.29) is 5.91 Å². The van der Waals surface area contributed by atoms with Crippen molar-refractivity contribution < 1.29 is 4.79 Å². The number of fused-ring (bicyclic) bond motifs is 1. The van der Waals surface area contributed by atoms with E-state index in [1.807, 2.05) is 18.9 Å². The number of piperazine rings is 1. The minimum absolute atomic E-state index is 0.0667. The molecule has 0 aliphatic carbocycles. The van der Waals surface area contributed by atoms with Gasteiger partial charge in [0.15, 0.2) is 5.13 Å². The summed E-state index contributed by atoms with van der Waals surface area (Å²) in [7, 11) is 1.82. The highest BCUT2D eigenvalue weighted by molar-refractivity contribution is 7.22. The zero-order valence-corrected chi connectivity index (χ0v) is 15.5. The van der Waals surface area contributed by atoms with E-state index in [1.54, 1.807) is 22.2 Å².